The number of carbonyl (C=O) groups excluding carboxylic acids is 2. The zero-order valence-corrected chi connectivity index (χ0v) is 15.1. The molecule has 140 valence electrons. The summed E-state index contributed by atoms with van der Waals surface area (Å²) < 4.78 is 5.18. The van der Waals surface area contributed by atoms with Crippen molar-refractivity contribution >= 4 is 40.1 Å². The average molecular weight is 399 g/mol. The molecule has 1 aliphatic heterocycles. The number of benzene rings is 2. The molecule has 9 heteroatoms. The summed E-state index contributed by atoms with van der Waals surface area (Å²) in [5, 5.41) is 11.9. The molecule has 0 spiro atoms. The first-order valence-corrected chi connectivity index (χ1v) is 8.51. The van der Waals surface area contributed by atoms with E-state index in [0.29, 0.717) is 21.5 Å². The second-order valence-electron chi connectivity index (χ2n) is 6.37. The Bertz CT molecular complexity index is 1260. The molecule has 0 N–H and O–H groups in total. The molecule has 0 aliphatic carbocycles. The van der Waals surface area contributed by atoms with Gasteiger partial charge in [0.1, 0.15) is 5.58 Å². The summed E-state index contributed by atoms with van der Waals surface area (Å²) in [4.78, 5) is 48.5. The van der Waals surface area contributed by atoms with Gasteiger partial charge in [0.05, 0.1) is 22.6 Å². The highest BCUT2D eigenvalue weighted by Gasteiger charge is 2.37. The Morgan fingerprint density at radius 1 is 1.07 bits per heavy atom. The van der Waals surface area contributed by atoms with E-state index in [2.05, 4.69) is 0 Å². The first-order chi connectivity index (χ1) is 13.3. The lowest BCUT2D eigenvalue weighted by molar-refractivity contribution is -0.384. The van der Waals surface area contributed by atoms with E-state index >= 15 is 0 Å². The minimum Gasteiger partial charge on any atom is -0.423 e. The number of rotatable bonds is 3. The van der Waals surface area contributed by atoms with Crippen LogP contribution in [-0.4, -0.2) is 21.6 Å². The van der Waals surface area contributed by atoms with Crippen LogP contribution in [0.1, 0.15) is 31.8 Å². The Kier molecular flexibility index (Phi) is 4.01. The Morgan fingerprint density at radius 3 is 2.50 bits per heavy atom. The normalized spacial score (nSPS) is 13.3. The fourth-order valence-corrected chi connectivity index (χ4v) is 3.35. The van der Waals surface area contributed by atoms with Crippen molar-refractivity contribution in [3.63, 3.8) is 0 Å². The Morgan fingerprint density at radius 2 is 1.79 bits per heavy atom. The average Bonchev–Trinajstić information content (AvgIpc) is 2.87. The molecule has 0 fully saturated rings. The lowest BCUT2D eigenvalue weighted by Crippen LogP contribution is -2.29. The molecule has 2 heterocycles. The summed E-state index contributed by atoms with van der Waals surface area (Å²) in [7, 11) is 0. The number of amides is 2. The molecule has 2 amide bonds. The summed E-state index contributed by atoms with van der Waals surface area (Å²) in [5.41, 5.74) is 0.514. The van der Waals surface area contributed by atoms with Gasteiger partial charge in [-0.25, -0.2) is 4.79 Å². The van der Waals surface area contributed by atoms with Crippen molar-refractivity contribution in [3.05, 3.63) is 84.2 Å². The van der Waals surface area contributed by atoms with Crippen molar-refractivity contribution in [1.29, 1.82) is 0 Å². The van der Waals surface area contributed by atoms with Crippen LogP contribution in [0.2, 0.25) is 5.02 Å². The Labute approximate surface area is 162 Å². The third kappa shape index (κ3) is 2.74. The molecule has 0 bridgehead atoms. The molecule has 28 heavy (non-hydrogen) atoms. The molecule has 8 nitrogen and oxygen atoms in total. The minimum atomic E-state index is -0.664. The monoisotopic (exact) mass is 398 g/mol. The van der Waals surface area contributed by atoms with Gasteiger partial charge in [-0.05, 0) is 36.2 Å². The number of halogens is 1. The zero-order valence-electron chi connectivity index (χ0n) is 14.4. The molecule has 4 rings (SSSR count). The number of nitro benzene ring substituents is 1. The van der Waals surface area contributed by atoms with Gasteiger partial charge in [-0.1, -0.05) is 11.6 Å². The number of nitrogens with zero attached hydrogens (tertiary/aromatic N) is 2. The quantitative estimate of drug-likeness (QED) is 0.289. The molecule has 3 aromatic rings. The van der Waals surface area contributed by atoms with Crippen molar-refractivity contribution in [2.45, 2.75) is 13.5 Å². The van der Waals surface area contributed by atoms with Gasteiger partial charge in [0.15, 0.2) is 0 Å². The number of non-ortho nitro benzene ring substituents is 1. The van der Waals surface area contributed by atoms with Crippen LogP contribution in [0.15, 0.2) is 45.6 Å². The fraction of sp³-hybridized carbons (Fsp3) is 0.105. The van der Waals surface area contributed by atoms with Gasteiger partial charge < -0.3 is 4.42 Å². The Balaban J connectivity index is 1.79. The maximum Gasteiger partial charge on any atom is 0.336 e. The standard InChI is InChI=1S/C19H11ClN2O6/c1-9-4-16-13(7-15(9)20)10(5-17(23)28-16)8-21-18(24)12-3-2-11(22(26)27)6-14(12)19(21)25/h2-7H,8H2,1H3. The number of imide groups is 1. The van der Waals surface area contributed by atoms with E-state index in [9.17, 15) is 24.5 Å². The number of aryl methyl sites for hydroxylation is 1. The SMILES string of the molecule is Cc1cc2oc(=O)cc(CN3C(=O)c4ccc([N+](=O)[O-])cc4C3=O)c2cc1Cl. The van der Waals surface area contributed by atoms with Crippen LogP contribution >= 0.6 is 11.6 Å². The topological polar surface area (TPSA) is 111 Å². The first kappa shape index (κ1) is 17.9. The van der Waals surface area contributed by atoms with Gasteiger partial charge in [0.2, 0.25) is 0 Å². The molecule has 0 unspecified atom stereocenters. The number of nitro groups is 1. The van der Waals surface area contributed by atoms with Gasteiger partial charge in [0.25, 0.3) is 17.5 Å². The summed E-state index contributed by atoms with van der Waals surface area (Å²) >= 11 is 6.16. The summed E-state index contributed by atoms with van der Waals surface area (Å²) in [6.45, 7) is 1.56. The molecule has 0 atom stereocenters. The lowest BCUT2D eigenvalue weighted by Gasteiger charge is -2.15. The second kappa shape index (κ2) is 6.28. The van der Waals surface area contributed by atoms with Gasteiger partial charge in [0, 0.05) is 28.6 Å². The van der Waals surface area contributed by atoms with Crippen molar-refractivity contribution in [3.8, 4) is 0 Å². The van der Waals surface area contributed by atoms with Crippen molar-refractivity contribution < 1.29 is 18.9 Å². The molecule has 0 saturated heterocycles. The van der Waals surface area contributed by atoms with Crippen LogP contribution in [0, 0.1) is 17.0 Å². The van der Waals surface area contributed by atoms with Crippen LogP contribution in [0.4, 0.5) is 5.69 Å². The molecule has 0 radical (unpaired) electrons. The Hall–Kier alpha value is -3.52. The van der Waals surface area contributed by atoms with Crippen LogP contribution in [0.3, 0.4) is 0 Å². The highest BCUT2D eigenvalue weighted by Crippen LogP contribution is 2.30. The fourth-order valence-electron chi connectivity index (χ4n) is 3.19. The van der Waals surface area contributed by atoms with Crippen molar-refractivity contribution in [2.75, 3.05) is 0 Å². The highest BCUT2D eigenvalue weighted by atomic mass is 35.5. The van der Waals surface area contributed by atoms with Gasteiger partial charge in [-0.15, -0.1) is 0 Å². The third-order valence-electron chi connectivity index (χ3n) is 4.60. The molecule has 1 aliphatic rings. The second-order valence-corrected chi connectivity index (χ2v) is 6.78. The molecular formula is C19H11ClN2O6. The van der Waals surface area contributed by atoms with E-state index in [1.807, 2.05) is 0 Å². The number of hydrogen-bond donors (Lipinski definition) is 0. The van der Waals surface area contributed by atoms with Crippen LogP contribution in [0.25, 0.3) is 11.0 Å². The van der Waals surface area contributed by atoms with E-state index in [1.54, 1.807) is 19.1 Å². The van der Waals surface area contributed by atoms with Crippen molar-refractivity contribution in [2.24, 2.45) is 0 Å². The summed E-state index contributed by atoms with van der Waals surface area (Å²) in [6.07, 6.45) is 0. The zero-order chi connectivity index (χ0) is 20.2. The van der Waals surface area contributed by atoms with Crippen LogP contribution in [-0.2, 0) is 6.54 Å². The molecule has 1 aromatic heterocycles. The number of fused-ring (bicyclic) bond motifs is 2. The first-order valence-electron chi connectivity index (χ1n) is 8.14. The van der Waals surface area contributed by atoms with E-state index in [1.165, 1.54) is 18.2 Å². The van der Waals surface area contributed by atoms with E-state index in [-0.39, 0.29) is 28.9 Å². The van der Waals surface area contributed by atoms with Gasteiger partial charge in [-0.3, -0.25) is 24.6 Å². The van der Waals surface area contributed by atoms with Gasteiger partial charge >= 0.3 is 5.63 Å². The van der Waals surface area contributed by atoms with Gasteiger partial charge in [-0.2, -0.15) is 0 Å². The molecular weight excluding hydrogens is 388 g/mol. The lowest BCUT2D eigenvalue weighted by atomic mass is 10.1. The predicted molar refractivity (Wildman–Crippen MR) is 99.5 cm³/mol. The van der Waals surface area contributed by atoms with Crippen LogP contribution < -0.4 is 5.63 Å². The smallest absolute Gasteiger partial charge is 0.336 e. The minimum absolute atomic E-state index is 0.0413. The predicted octanol–water partition coefficient (Wildman–Crippen LogP) is 3.46. The maximum atomic E-state index is 12.7. The van der Waals surface area contributed by atoms with Crippen LogP contribution in [0.5, 0.6) is 0 Å². The third-order valence-corrected chi connectivity index (χ3v) is 5.01. The number of carbonyl (C=O) groups is 2. The molecule has 0 saturated carbocycles. The maximum absolute atomic E-state index is 12.7. The van der Waals surface area contributed by atoms with E-state index < -0.39 is 22.4 Å². The van der Waals surface area contributed by atoms with E-state index in [4.69, 9.17) is 16.0 Å². The molecule has 2 aromatic carbocycles. The summed E-state index contributed by atoms with van der Waals surface area (Å²) in [5.74, 6) is -1.25. The number of hydrogen-bond acceptors (Lipinski definition) is 6. The highest BCUT2D eigenvalue weighted by molar-refractivity contribution is 6.32. The largest absolute Gasteiger partial charge is 0.423 e. The van der Waals surface area contributed by atoms with E-state index in [0.717, 1.165) is 11.0 Å². The summed E-state index contributed by atoms with van der Waals surface area (Å²) in [6, 6.07) is 7.91. The van der Waals surface area contributed by atoms with Crippen molar-refractivity contribution in [1.82, 2.24) is 4.90 Å².